The topological polar surface area (TPSA) is 35.2 Å². The molecule has 2 nitrogen and oxygen atoms in total. The summed E-state index contributed by atoms with van der Waals surface area (Å²) in [6.07, 6.45) is 0.574. The fraction of sp³-hybridized carbons (Fsp3) is 1.00. The average Bonchev–Trinajstić information content (AvgIpc) is 1.68. The van der Waals surface area contributed by atoms with E-state index in [0.29, 0.717) is 0 Å². The first-order valence-corrected chi connectivity index (χ1v) is 2.63. The van der Waals surface area contributed by atoms with Crippen molar-refractivity contribution in [1.29, 1.82) is 0 Å². The van der Waals surface area contributed by atoms with E-state index < -0.39 is 0 Å². The molecule has 2 heteroatoms. The summed E-state index contributed by atoms with van der Waals surface area (Å²) in [5.74, 6) is 0. The van der Waals surface area contributed by atoms with Gasteiger partial charge in [-0.3, -0.25) is 0 Å². The lowest BCUT2D eigenvalue weighted by atomic mass is 10.0. The van der Waals surface area contributed by atoms with Gasteiger partial charge in [-0.15, -0.1) is 0 Å². The second kappa shape index (κ2) is 1.46. The monoisotopic (exact) mass is 101 g/mol. The zero-order chi connectivity index (χ0) is 5.44. The van der Waals surface area contributed by atoms with Gasteiger partial charge in [0.15, 0.2) is 0 Å². The predicted molar refractivity (Wildman–Crippen MR) is 28.0 cm³/mol. The maximum Gasteiger partial charge on any atom is 0.0727 e. The van der Waals surface area contributed by atoms with E-state index in [4.69, 9.17) is 10.5 Å². The molecule has 0 aromatic carbocycles. The average molecular weight is 101 g/mol. The minimum Gasteiger partial charge on any atom is -0.372 e. The van der Waals surface area contributed by atoms with E-state index in [1.807, 2.05) is 13.8 Å². The van der Waals surface area contributed by atoms with E-state index in [-0.39, 0.29) is 18.2 Å². The van der Waals surface area contributed by atoms with Crippen LogP contribution in [0.25, 0.3) is 0 Å². The first-order chi connectivity index (χ1) is 3.22. The lowest BCUT2D eigenvalue weighted by Gasteiger charge is -2.38. The highest BCUT2D eigenvalue weighted by Crippen LogP contribution is 2.16. The van der Waals surface area contributed by atoms with Crippen molar-refractivity contribution in [3.05, 3.63) is 0 Å². The van der Waals surface area contributed by atoms with Gasteiger partial charge in [0.25, 0.3) is 0 Å². The van der Waals surface area contributed by atoms with Crippen LogP contribution >= 0.6 is 0 Å². The third-order valence-electron chi connectivity index (χ3n) is 1.51. The van der Waals surface area contributed by atoms with Crippen LogP contribution in [0.5, 0.6) is 0 Å². The summed E-state index contributed by atoms with van der Waals surface area (Å²) < 4.78 is 5.13. The van der Waals surface area contributed by atoms with Crippen LogP contribution in [0.4, 0.5) is 0 Å². The number of hydrogen-bond acceptors (Lipinski definition) is 2. The van der Waals surface area contributed by atoms with Gasteiger partial charge in [0.05, 0.1) is 18.2 Å². The van der Waals surface area contributed by atoms with Crippen molar-refractivity contribution in [1.82, 2.24) is 0 Å². The summed E-state index contributed by atoms with van der Waals surface area (Å²) in [5.41, 5.74) is 5.54. The Morgan fingerprint density at radius 1 is 1.29 bits per heavy atom. The molecule has 1 fully saturated rings. The largest absolute Gasteiger partial charge is 0.372 e. The summed E-state index contributed by atoms with van der Waals surface area (Å²) in [7, 11) is 0. The van der Waals surface area contributed by atoms with Crippen LogP contribution in [0, 0.1) is 0 Å². The van der Waals surface area contributed by atoms with Crippen LogP contribution in [0.15, 0.2) is 0 Å². The molecule has 2 unspecified atom stereocenters. The molecule has 0 aromatic heterocycles. The zero-order valence-electron chi connectivity index (χ0n) is 4.72. The van der Waals surface area contributed by atoms with E-state index in [9.17, 15) is 0 Å². The van der Waals surface area contributed by atoms with Gasteiger partial charge in [-0.25, -0.2) is 0 Å². The molecule has 1 aliphatic rings. The summed E-state index contributed by atoms with van der Waals surface area (Å²) in [5, 5.41) is 0. The molecule has 0 amide bonds. The molecule has 1 saturated heterocycles. The van der Waals surface area contributed by atoms with E-state index in [1.54, 1.807) is 0 Å². The Morgan fingerprint density at radius 2 is 1.71 bits per heavy atom. The molecule has 0 radical (unpaired) electrons. The SMILES string of the molecule is CC1OC(C)C1N. The van der Waals surface area contributed by atoms with E-state index >= 15 is 0 Å². The Hall–Kier alpha value is -0.0800. The molecule has 0 aromatic rings. The fourth-order valence-corrected chi connectivity index (χ4v) is 0.812. The second-order valence-electron chi connectivity index (χ2n) is 2.12. The molecule has 0 bridgehead atoms. The van der Waals surface area contributed by atoms with Gasteiger partial charge in [-0.2, -0.15) is 0 Å². The Kier molecular flexibility index (Phi) is 1.05. The van der Waals surface area contributed by atoms with Crippen molar-refractivity contribution in [3.8, 4) is 0 Å². The molecule has 42 valence electrons. The summed E-state index contributed by atoms with van der Waals surface area (Å²) >= 11 is 0. The Bertz CT molecular complexity index is 66.5. The van der Waals surface area contributed by atoms with Gasteiger partial charge < -0.3 is 10.5 Å². The van der Waals surface area contributed by atoms with Crippen LogP contribution in [0.2, 0.25) is 0 Å². The predicted octanol–water partition coefficient (Wildman–Crippen LogP) is 0.121. The fourth-order valence-electron chi connectivity index (χ4n) is 0.812. The first-order valence-electron chi connectivity index (χ1n) is 2.63. The third kappa shape index (κ3) is 0.640. The molecule has 1 aliphatic heterocycles. The maximum absolute atomic E-state index is 5.54. The quantitative estimate of drug-likeness (QED) is 0.470. The van der Waals surface area contributed by atoms with E-state index in [1.165, 1.54) is 0 Å². The summed E-state index contributed by atoms with van der Waals surface area (Å²) in [6.45, 7) is 3.98. The smallest absolute Gasteiger partial charge is 0.0727 e. The lowest BCUT2D eigenvalue weighted by molar-refractivity contribution is -0.123. The van der Waals surface area contributed by atoms with Gasteiger partial charge >= 0.3 is 0 Å². The van der Waals surface area contributed by atoms with Gasteiger partial charge in [0.2, 0.25) is 0 Å². The minimum atomic E-state index is 0.278. The minimum absolute atomic E-state index is 0.278. The molecule has 1 heterocycles. The molecule has 2 N–H and O–H groups in total. The van der Waals surface area contributed by atoms with Crippen LogP contribution in [-0.2, 0) is 4.74 Å². The summed E-state index contributed by atoms with van der Waals surface area (Å²) in [6, 6.07) is 0.278. The second-order valence-corrected chi connectivity index (χ2v) is 2.12. The molecule has 2 atom stereocenters. The van der Waals surface area contributed by atoms with E-state index in [2.05, 4.69) is 0 Å². The number of rotatable bonds is 0. The summed E-state index contributed by atoms with van der Waals surface area (Å²) in [4.78, 5) is 0. The van der Waals surface area contributed by atoms with Crippen LogP contribution in [0.1, 0.15) is 13.8 Å². The van der Waals surface area contributed by atoms with Crippen molar-refractivity contribution in [2.45, 2.75) is 32.1 Å². The zero-order valence-corrected chi connectivity index (χ0v) is 4.72. The van der Waals surface area contributed by atoms with E-state index in [0.717, 1.165) is 0 Å². The van der Waals surface area contributed by atoms with Gasteiger partial charge in [-0.1, -0.05) is 0 Å². The van der Waals surface area contributed by atoms with Crippen molar-refractivity contribution >= 4 is 0 Å². The molecular weight excluding hydrogens is 90.1 g/mol. The number of hydrogen-bond donors (Lipinski definition) is 1. The Morgan fingerprint density at radius 3 is 1.71 bits per heavy atom. The molecule has 7 heavy (non-hydrogen) atoms. The lowest BCUT2D eigenvalue weighted by Crippen LogP contribution is -2.55. The number of nitrogens with two attached hydrogens (primary N) is 1. The first kappa shape index (κ1) is 5.06. The Balaban J connectivity index is 2.29. The Labute approximate surface area is 43.6 Å². The molecule has 0 aliphatic carbocycles. The van der Waals surface area contributed by atoms with Gasteiger partial charge in [0.1, 0.15) is 0 Å². The molecule has 0 spiro atoms. The van der Waals surface area contributed by atoms with Gasteiger partial charge in [-0.05, 0) is 13.8 Å². The highest BCUT2D eigenvalue weighted by molar-refractivity contribution is 4.85. The third-order valence-corrected chi connectivity index (χ3v) is 1.51. The van der Waals surface area contributed by atoms with Crippen molar-refractivity contribution in [2.24, 2.45) is 5.73 Å². The van der Waals surface area contributed by atoms with Crippen molar-refractivity contribution < 1.29 is 4.74 Å². The van der Waals surface area contributed by atoms with Crippen molar-refractivity contribution in [3.63, 3.8) is 0 Å². The maximum atomic E-state index is 5.54. The normalized spacial score (nSPS) is 51.0. The highest BCUT2D eigenvalue weighted by Gasteiger charge is 2.31. The van der Waals surface area contributed by atoms with Crippen LogP contribution in [-0.4, -0.2) is 18.2 Å². The van der Waals surface area contributed by atoms with Gasteiger partial charge in [0, 0.05) is 0 Å². The standard InChI is InChI=1S/C5H11NO/c1-3-5(6)4(2)7-3/h3-5H,6H2,1-2H3. The highest BCUT2D eigenvalue weighted by atomic mass is 16.5. The van der Waals surface area contributed by atoms with Crippen molar-refractivity contribution in [2.75, 3.05) is 0 Å². The van der Waals surface area contributed by atoms with Crippen LogP contribution < -0.4 is 5.73 Å². The molecular formula is C5H11NO. The number of ether oxygens (including phenoxy) is 1. The molecule has 0 saturated carbocycles. The molecule has 1 rings (SSSR count). The van der Waals surface area contributed by atoms with Crippen LogP contribution in [0.3, 0.4) is 0 Å².